The molecule has 0 aliphatic carbocycles. The van der Waals surface area contributed by atoms with Gasteiger partial charge in [-0.25, -0.2) is 9.37 Å². The third-order valence-electron chi connectivity index (χ3n) is 2.17. The number of hydrogen-bond donors (Lipinski definition) is 1. The lowest BCUT2D eigenvalue weighted by Crippen LogP contribution is -1.98. The molecule has 2 aromatic rings. The number of thioether (sulfide) groups is 1. The van der Waals surface area contributed by atoms with Gasteiger partial charge >= 0.3 is 0 Å². The first kappa shape index (κ1) is 12.6. The Labute approximate surface area is 109 Å². The molecule has 0 aliphatic rings. The average molecular weight is 265 g/mol. The summed E-state index contributed by atoms with van der Waals surface area (Å²) in [5.41, 5.74) is 0. The van der Waals surface area contributed by atoms with Gasteiger partial charge in [0.05, 0.1) is 0 Å². The number of rotatable bonds is 4. The highest BCUT2D eigenvalue weighted by Gasteiger charge is 2.08. The van der Waals surface area contributed by atoms with E-state index in [2.05, 4.69) is 15.3 Å². The quantitative estimate of drug-likeness (QED) is 0.679. The summed E-state index contributed by atoms with van der Waals surface area (Å²) in [5.74, 6) is 0.655. The summed E-state index contributed by atoms with van der Waals surface area (Å²) in [5, 5.41) is 3.47. The molecule has 1 N–H and O–H groups in total. The van der Waals surface area contributed by atoms with Gasteiger partial charge in [0.25, 0.3) is 0 Å². The van der Waals surface area contributed by atoms with Crippen LogP contribution in [0, 0.1) is 5.82 Å². The topological polar surface area (TPSA) is 47.0 Å². The lowest BCUT2D eigenvalue weighted by molar-refractivity contribution is 0.422. The number of anilines is 1. The molecule has 0 amide bonds. The molecule has 1 aromatic heterocycles. The minimum absolute atomic E-state index is 0.144. The first-order valence-electron chi connectivity index (χ1n) is 5.26. The van der Waals surface area contributed by atoms with E-state index < -0.39 is 5.82 Å². The Morgan fingerprint density at radius 3 is 2.72 bits per heavy atom. The van der Waals surface area contributed by atoms with Crippen molar-refractivity contribution in [1.29, 1.82) is 0 Å². The van der Waals surface area contributed by atoms with Crippen molar-refractivity contribution in [2.45, 2.75) is 5.16 Å². The first-order chi connectivity index (χ1) is 8.72. The Hall–Kier alpha value is -1.82. The number of benzene rings is 1. The summed E-state index contributed by atoms with van der Waals surface area (Å²) < 4.78 is 18.9. The summed E-state index contributed by atoms with van der Waals surface area (Å²) in [4.78, 5) is 8.36. The fourth-order valence-electron chi connectivity index (χ4n) is 1.32. The maximum atomic E-state index is 13.5. The Kier molecular flexibility index (Phi) is 3.99. The van der Waals surface area contributed by atoms with Gasteiger partial charge in [-0.05, 0) is 18.4 Å². The molecule has 0 atom stereocenters. The Morgan fingerprint density at radius 2 is 2.06 bits per heavy atom. The van der Waals surface area contributed by atoms with Gasteiger partial charge in [0.15, 0.2) is 16.7 Å². The van der Waals surface area contributed by atoms with Crippen LogP contribution in [0.4, 0.5) is 10.2 Å². The molecule has 0 spiro atoms. The van der Waals surface area contributed by atoms with Gasteiger partial charge in [-0.1, -0.05) is 23.9 Å². The van der Waals surface area contributed by atoms with E-state index in [0.29, 0.717) is 16.9 Å². The highest BCUT2D eigenvalue weighted by atomic mass is 32.2. The molecule has 94 valence electrons. The van der Waals surface area contributed by atoms with E-state index >= 15 is 0 Å². The lowest BCUT2D eigenvalue weighted by atomic mass is 10.3. The molecule has 1 aromatic carbocycles. The van der Waals surface area contributed by atoms with Gasteiger partial charge in [0, 0.05) is 13.1 Å². The van der Waals surface area contributed by atoms with E-state index in [1.165, 1.54) is 17.8 Å². The minimum Gasteiger partial charge on any atom is -0.436 e. The van der Waals surface area contributed by atoms with Gasteiger partial charge in [-0.15, -0.1) is 0 Å². The van der Waals surface area contributed by atoms with Gasteiger partial charge in [-0.3, -0.25) is 0 Å². The maximum Gasteiger partial charge on any atom is 0.225 e. The predicted molar refractivity (Wildman–Crippen MR) is 69.8 cm³/mol. The fraction of sp³-hybridized carbons (Fsp3) is 0.167. The lowest BCUT2D eigenvalue weighted by Gasteiger charge is -2.08. The van der Waals surface area contributed by atoms with E-state index in [9.17, 15) is 4.39 Å². The average Bonchev–Trinajstić information content (AvgIpc) is 2.41. The van der Waals surface area contributed by atoms with Crippen LogP contribution in [0.2, 0.25) is 0 Å². The van der Waals surface area contributed by atoms with Crippen LogP contribution in [0.15, 0.2) is 35.5 Å². The molecule has 0 radical (unpaired) electrons. The molecule has 1 heterocycles. The Morgan fingerprint density at radius 1 is 1.28 bits per heavy atom. The summed E-state index contributed by atoms with van der Waals surface area (Å²) in [7, 11) is 1.75. The third-order valence-corrected chi connectivity index (χ3v) is 2.72. The van der Waals surface area contributed by atoms with Crippen molar-refractivity contribution in [2.75, 3.05) is 18.6 Å². The number of ether oxygens (including phenoxy) is 1. The van der Waals surface area contributed by atoms with Gasteiger partial charge in [0.1, 0.15) is 5.82 Å². The molecule has 18 heavy (non-hydrogen) atoms. The first-order valence-corrected chi connectivity index (χ1v) is 6.48. The number of halogens is 1. The van der Waals surface area contributed by atoms with Crippen molar-refractivity contribution in [1.82, 2.24) is 9.97 Å². The van der Waals surface area contributed by atoms with E-state index in [-0.39, 0.29) is 5.75 Å². The highest BCUT2D eigenvalue weighted by molar-refractivity contribution is 7.98. The number of para-hydroxylation sites is 1. The molecule has 4 nitrogen and oxygen atoms in total. The Bertz CT molecular complexity index is 528. The van der Waals surface area contributed by atoms with Crippen LogP contribution in [-0.4, -0.2) is 23.3 Å². The van der Waals surface area contributed by atoms with Crippen LogP contribution in [-0.2, 0) is 0 Å². The van der Waals surface area contributed by atoms with Crippen molar-refractivity contribution in [3.05, 3.63) is 36.1 Å². The molecule has 0 bridgehead atoms. The van der Waals surface area contributed by atoms with E-state index in [1.54, 1.807) is 31.3 Å². The molecule has 0 saturated heterocycles. The molecule has 2 rings (SSSR count). The van der Waals surface area contributed by atoms with Crippen molar-refractivity contribution in [3.8, 4) is 11.6 Å². The monoisotopic (exact) mass is 265 g/mol. The fourth-order valence-corrected chi connectivity index (χ4v) is 1.69. The summed E-state index contributed by atoms with van der Waals surface area (Å²) in [6.45, 7) is 0. The molecule has 0 fully saturated rings. The molecule has 6 heteroatoms. The maximum absolute atomic E-state index is 13.5. The predicted octanol–water partition coefficient (Wildman–Crippen LogP) is 3.17. The van der Waals surface area contributed by atoms with Crippen molar-refractivity contribution in [3.63, 3.8) is 0 Å². The van der Waals surface area contributed by atoms with E-state index in [0.717, 1.165) is 0 Å². The smallest absolute Gasteiger partial charge is 0.225 e. The van der Waals surface area contributed by atoms with Gasteiger partial charge < -0.3 is 10.1 Å². The normalized spacial score (nSPS) is 10.2. The van der Waals surface area contributed by atoms with Crippen LogP contribution in [0.5, 0.6) is 11.6 Å². The zero-order valence-corrected chi connectivity index (χ0v) is 10.8. The molecule has 0 unspecified atom stereocenters. The summed E-state index contributed by atoms with van der Waals surface area (Å²) >= 11 is 1.39. The molecule has 0 aliphatic heterocycles. The van der Waals surface area contributed by atoms with E-state index in [1.807, 2.05) is 6.26 Å². The third kappa shape index (κ3) is 2.89. The largest absolute Gasteiger partial charge is 0.436 e. The second kappa shape index (κ2) is 5.68. The Balaban J connectivity index is 2.31. The number of nitrogens with one attached hydrogen (secondary N) is 1. The second-order valence-corrected chi connectivity index (χ2v) is 4.13. The number of hydrogen-bond acceptors (Lipinski definition) is 5. The van der Waals surface area contributed by atoms with Gasteiger partial charge in [-0.2, -0.15) is 4.98 Å². The molecular formula is C12H12FN3OS. The number of nitrogens with zero attached hydrogens (tertiary/aromatic N) is 2. The summed E-state index contributed by atoms with van der Waals surface area (Å²) in [6, 6.07) is 7.81. The van der Waals surface area contributed by atoms with Crippen molar-refractivity contribution < 1.29 is 9.13 Å². The van der Waals surface area contributed by atoms with Crippen LogP contribution in [0.3, 0.4) is 0 Å². The van der Waals surface area contributed by atoms with Crippen LogP contribution in [0.1, 0.15) is 0 Å². The van der Waals surface area contributed by atoms with Crippen LogP contribution < -0.4 is 10.1 Å². The van der Waals surface area contributed by atoms with Gasteiger partial charge in [0.2, 0.25) is 5.88 Å². The number of aromatic nitrogens is 2. The molecule has 0 saturated carbocycles. The minimum atomic E-state index is -0.423. The highest BCUT2D eigenvalue weighted by Crippen LogP contribution is 2.25. The zero-order chi connectivity index (χ0) is 13.0. The standard InChI is InChI=1S/C12H12FN3OS/c1-14-10-7-11(16-12(15-10)18-2)17-9-6-4-3-5-8(9)13/h3-7H,1-2H3,(H,14,15,16). The van der Waals surface area contributed by atoms with Crippen LogP contribution in [0.25, 0.3) is 0 Å². The van der Waals surface area contributed by atoms with Crippen molar-refractivity contribution >= 4 is 17.6 Å². The zero-order valence-electron chi connectivity index (χ0n) is 9.98. The SMILES string of the molecule is CNc1cc(Oc2ccccc2F)nc(SC)n1. The van der Waals surface area contributed by atoms with Crippen molar-refractivity contribution in [2.24, 2.45) is 0 Å². The summed E-state index contributed by atoms with van der Waals surface area (Å²) in [6.07, 6.45) is 1.86. The van der Waals surface area contributed by atoms with Crippen LogP contribution >= 0.6 is 11.8 Å². The van der Waals surface area contributed by atoms with E-state index in [4.69, 9.17) is 4.74 Å². The second-order valence-electron chi connectivity index (χ2n) is 3.36. The molecular weight excluding hydrogens is 253 g/mol.